The summed E-state index contributed by atoms with van der Waals surface area (Å²) >= 11 is 0. The highest BCUT2D eigenvalue weighted by Gasteiger charge is 2.39. The molecule has 2 fully saturated rings. The van der Waals surface area contributed by atoms with Crippen molar-refractivity contribution < 1.29 is 9.96 Å². The fourth-order valence-electron chi connectivity index (χ4n) is 3.80. The van der Waals surface area contributed by atoms with Crippen molar-refractivity contribution >= 4 is 0 Å². The topological polar surface area (TPSA) is 30.0 Å². The number of hydrogen-bond donors (Lipinski definition) is 0. The molecule has 1 saturated heterocycles. The number of likely N-dealkylation sites (tertiary alicyclic amines) is 1. The SMILES string of the molecule is CC[N+]1(C2CCCC(C)C2)CCCC1.[OH-]. The largest absolute Gasteiger partial charge is 0.870 e. The molecule has 0 bridgehead atoms. The van der Waals surface area contributed by atoms with Crippen LogP contribution in [0.4, 0.5) is 0 Å². The average Bonchev–Trinajstić information content (AvgIpc) is 2.67. The van der Waals surface area contributed by atoms with Gasteiger partial charge in [0, 0.05) is 19.3 Å². The zero-order valence-electron chi connectivity index (χ0n) is 10.4. The summed E-state index contributed by atoms with van der Waals surface area (Å²) in [6.07, 6.45) is 8.97. The Kier molecular flexibility index (Phi) is 4.60. The molecule has 0 aromatic carbocycles. The Hall–Kier alpha value is -0.0800. The van der Waals surface area contributed by atoms with Crippen LogP contribution in [-0.4, -0.2) is 35.6 Å². The van der Waals surface area contributed by atoms with Gasteiger partial charge in [-0.15, -0.1) is 0 Å². The molecular weight excluding hydrogens is 186 g/mol. The fourth-order valence-corrected chi connectivity index (χ4v) is 3.80. The Morgan fingerprint density at radius 3 is 2.27 bits per heavy atom. The van der Waals surface area contributed by atoms with Crippen LogP contribution in [0.15, 0.2) is 0 Å². The maximum Gasteiger partial charge on any atom is 0.0892 e. The van der Waals surface area contributed by atoms with Crippen LogP contribution in [0.5, 0.6) is 0 Å². The number of hydrogen-bond acceptors (Lipinski definition) is 1. The molecule has 1 aliphatic carbocycles. The zero-order chi connectivity index (χ0) is 10.0. The first-order valence-electron chi connectivity index (χ1n) is 6.62. The third kappa shape index (κ3) is 2.54. The summed E-state index contributed by atoms with van der Waals surface area (Å²) in [4.78, 5) is 0. The van der Waals surface area contributed by atoms with Crippen LogP contribution in [0.3, 0.4) is 0 Å². The van der Waals surface area contributed by atoms with Crippen molar-refractivity contribution in [2.75, 3.05) is 19.6 Å². The van der Waals surface area contributed by atoms with Gasteiger partial charge in [0.25, 0.3) is 0 Å². The third-order valence-electron chi connectivity index (χ3n) is 4.77. The quantitative estimate of drug-likeness (QED) is 0.648. The second kappa shape index (κ2) is 5.31. The van der Waals surface area contributed by atoms with Gasteiger partial charge in [-0.25, -0.2) is 0 Å². The molecule has 2 rings (SSSR count). The summed E-state index contributed by atoms with van der Waals surface area (Å²) < 4.78 is 1.48. The lowest BCUT2D eigenvalue weighted by Gasteiger charge is -2.44. The van der Waals surface area contributed by atoms with Crippen LogP contribution in [0.25, 0.3) is 0 Å². The first-order chi connectivity index (χ1) is 6.77. The molecule has 15 heavy (non-hydrogen) atoms. The summed E-state index contributed by atoms with van der Waals surface area (Å²) in [5.74, 6) is 0.996. The summed E-state index contributed by atoms with van der Waals surface area (Å²) in [6, 6.07) is 1.02. The molecular formula is C13H27NO. The van der Waals surface area contributed by atoms with Gasteiger partial charge < -0.3 is 9.96 Å². The molecule has 2 heteroatoms. The molecule has 90 valence electrons. The normalized spacial score (nSPS) is 34.8. The van der Waals surface area contributed by atoms with E-state index in [4.69, 9.17) is 0 Å². The maximum atomic E-state index is 2.45. The molecule has 0 amide bonds. The number of quaternary nitrogens is 1. The molecule has 1 heterocycles. The van der Waals surface area contributed by atoms with Crippen LogP contribution in [-0.2, 0) is 0 Å². The predicted octanol–water partition coefficient (Wildman–Crippen LogP) is 3.02. The van der Waals surface area contributed by atoms with Gasteiger partial charge in [-0.05, 0) is 25.7 Å². The average molecular weight is 213 g/mol. The Balaban J connectivity index is 0.00000112. The van der Waals surface area contributed by atoms with E-state index in [9.17, 15) is 0 Å². The van der Waals surface area contributed by atoms with Crippen molar-refractivity contribution in [2.24, 2.45) is 5.92 Å². The van der Waals surface area contributed by atoms with E-state index >= 15 is 0 Å². The van der Waals surface area contributed by atoms with Crippen LogP contribution >= 0.6 is 0 Å². The van der Waals surface area contributed by atoms with Crippen LogP contribution in [0.1, 0.15) is 52.4 Å². The molecule has 1 N–H and O–H groups in total. The van der Waals surface area contributed by atoms with Gasteiger partial charge in [0.2, 0.25) is 0 Å². The highest BCUT2D eigenvalue weighted by molar-refractivity contribution is 4.73. The van der Waals surface area contributed by atoms with E-state index in [1.54, 1.807) is 0 Å². The zero-order valence-corrected chi connectivity index (χ0v) is 10.4. The highest BCUT2D eigenvalue weighted by Crippen LogP contribution is 2.34. The van der Waals surface area contributed by atoms with E-state index in [0.717, 1.165) is 12.0 Å². The monoisotopic (exact) mass is 213 g/mol. The Labute approximate surface area is 94.6 Å². The first-order valence-corrected chi connectivity index (χ1v) is 6.62. The van der Waals surface area contributed by atoms with E-state index in [0.29, 0.717) is 0 Å². The molecule has 0 aromatic rings. The molecule has 2 atom stereocenters. The first kappa shape index (κ1) is 13.0. The molecule has 2 aliphatic rings. The van der Waals surface area contributed by atoms with Crippen molar-refractivity contribution in [3.63, 3.8) is 0 Å². The van der Waals surface area contributed by atoms with Gasteiger partial charge in [-0.2, -0.15) is 0 Å². The van der Waals surface area contributed by atoms with Crippen molar-refractivity contribution in [3.8, 4) is 0 Å². The van der Waals surface area contributed by atoms with Gasteiger partial charge in [0.1, 0.15) is 0 Å². The Morgan fingerprint density at radius 1 is 1.07 bits per heavy atom. The van der Waals surface area contributed by atoms with E-state index in [1.807, 2.05) is 0 Å². The maximum absolute atomic E-state index is 2.45. The molecule has 1 aliphatic heterocycles. The number of nitrogens with zero attached hydrogens (tertiary/aromatic N) is 1. The minimum Gasteiger partial charge on any atom is -0.870 e. The minimum atomic E-state index is 0. The lowest BCUT2D eigenvalue weighted by atomic mass is 9.85. The second-order valence-corrected chi connectivity index (χ2v) is 5.61. The van der Waals surface area contributed by atoms with E-state index in [1.165, 1.54) is 62.6 Å². The lowest BCUT2D eigenvalue weighted by molar-refractivity contribution is -0.940. The highest BCUT2D eigenvalue weighted by atomic mass is 16.0. The van der Waals surface area contributed by atoms with E-state index in [2.05, 4.69) is 13.8 Å². The van der Waals surface area contributed by atoms with Crippen molar-refractivity contribution in [2.45, 2.75) is 58.4 Å². The van der Waals surface area contributed by atoms with Crippen LogP contribution in [0, 0.1) is 5.92 Å². The standard InChI is InChI=1S/C13H26N.H2O/c1-3-14(9-4-5-10-14)13-8-6-7-12(2)11-13;/h12-13H,3-11H2,1-2H3;1H2/q+1;/p-1. The molecule has 2 unspecified atom stereocenters. The Bertz CT molecular complexity index is 187. The summed E-state index contributed by atoms with van der Waals surface area (Å²) in [6.45, 7) is 9.21. The molecule has 1 saturated carbocycles. The van der Waals surface area contributed by atoms with Gasteiger partial charge >= 0.3 is 0 Å². The second-order valence-electron chi connectivity index (χ2n) is 5.61. The lowest BCUT2D eigenvalue weighted by Crippen LogP contribution is -2.54. The van der Waals surface area contributed by atoms with Crippen molar-refractivity contribution in [3.05, 3.63) is 0 Å². The van der Waals surface area contributed by atoms with E-state index < -0.39 is 0 Å². The van der Waals surface area contributed by atoms with Gasteiger partial charge in [0.05, 0.1) is 25.7 Å². The minimum absolute atomic E-state index is 0. The van der Waals surface area contributed by atoms with Crippen molar-refractivity contribution in [1.29, 1.82) is 0 Å². The summed E-state index contributed by atoms with van der Waals surface area (Å²) in [7, 11) is 0. The summed E-state index contributed by atoms with van der Waals surface area (Å²) in [5.41, 5.74) is 0. The fraction of sp³-hybridized carbons (Fsp3) is 1.00. The van der Waals surface area contributed by atoms with Gasteiger partial charge in [0.15, 0.2) is 0 Å². The molecule has 2 nitrogen and oxygen atoms in total. The summed E-state index contributed by atoms with van der Waals surface area (Å²) in [5, 5.41) is 0. The molecule has 0 radical (unpaired) electrons. The molecule has 0 spiro atoms. The Morgan fingerprint density at radius 2 is 1.73 bits per heavy atom. The number of rotatable bonds is 2. The van der Waals surface area contributed by atoms with Crippen LogP contribution in [0.2, 0.25) is 0 Å². The third-order valence-corrected chi connectivity index (χ3v) is 4.77. The van der Waals surface area contributed by atoms with Gasteiger partial charge in [-0.3, -0.25) is 0 Å². The van der Waals surface area contributed by atoms with Crippen molar-refractivity contribution in [1.82, 2.24) is 0 Å². The van der Waals surface area contributed by atoms with Crippen LogP contribution < -0.4 is 0 Å². The predicted molar refractivity (Wildman–Crippen MR) is 63.1 cm³/mol. The van der Waals surface area contributed by atoms with E-state index in [-0.39, 0.29) is 5.48 Å². The van der Waals surface area contributed by atoms with Gasteiger partial charge in [-0.1, -0.05) is 13.3 Å². The molecule has 0 aromatic heterocycles. The smallest absolute Gasteiger partial charge is 0.0892 e.